The molecular weight excluding hydrogens is 312 g/mol. The molecule has 0 spiro atoms. The van der Waals surface area contributed by atoms with Crippen molar-refractivity contribution in [2.75, 3.05) is 26.2 Å². The van der Waals surface area contributed by atoms with Crippen molar-refractivity contribution in [2.24, 2.45) is 5.41 Å². The van der Waals surface area contributed by atoms with Gasteiger partial charge in [-0.2, -0.15) is 0 Å². The molecule has 0 bridgehead atoms. The minimum absolute atomic E-state index is 0. The van der Waals surface area contributed by atoms with Gasteiger partial charge in [0.15, 0.2) is 0 Å². The summed E-state index contributed by atoms with van der Waals surface area (Å²) in [5.74, 6) is 0. The number of ether oxygens (including phenoxy) is 1. The molecule has 17 heavy (non-hydrogen) atoms. The summed E-state index contributed by atoms with van der Waals surface area (Å²) < 4.78 is 39.9. The summed E-state index contributed by atoms with van der Waals surface area (Å²) in [6.45, 7) is 1.78. The topological polar surface area (TPSA) is 32.7 Å². The maximum atomic E-state index is 12.0. The molecule has 1 heterocycles. The predicted octanol–water partition coefficient (Wildman–Crippen LogP) is 1.37. The van der Waals surface area contributed by atoms with Gasteiger partial charge in [0.05, 0.1) is 6.10 Å². The SMILES string of the molecule is OCC1(CN2CCC(OC(F)(F)F)C2)CC1.[Y]. The number of rotatable bonds is 4. The van der Waals surface area contributed by atoms with Gasteiger partial charge in [-0.15, -0.1) is 13.2 Å². The number of likely N-dealkylation sites (tertiary alicyclic amines) is 1. The first-order chi connectivity index (χ1) is 7.42. The number of hydrogen-bond acceptors (Lipinski definition) is 3. The molecule has 7 heteroatoms. The molecule has 0 aromatic heterocycles. The third-order valence-corrected chi connectivity index (χ3v) is 3.38. The molecule has 97 valence electrons. The van der Waals surface area contributed by atoms with Gasteiger partial charge < -0.3 is 10.0 Å². The zero-order chi connectivity index (χ0) is 11.8. The second kappa shape index (κ2) is 5.82. The molecule has 1 radical (unpaired) electrons. The van der Waals surface area contributed by atoms with Crippen molar-refractivity contribution in [1.29, 1.82) is 0 Å². The molecule has 1 N–H and O–H groups in total. The van der Waals surface area contributed by atoms with Gasteiger partial charge in [0, 0.05) is 64.4 Å². The second-order valence-corrected chi connectivity index (χ2v) is 4.87. The molecule has 0 aromatic carbocycles. The van der Waals surface area contributed by atoms with Gasteiger partial charge in [0.2, 0.25) is 0 Å². The third-order valence-electron chi connectivity index (χ3n) is 3.38. The van der Waals surface area contributed by atoms with Crippen molar-refractivity contribution in [3.63, 3.8) is 0 Å². The van der Waals surface area contributed by atoms with E-state index in [1.165, 1.54) is 0 Å². The Morgan fingerprint density at radius 2 is 2.00 bits per heavy atom. The van der Waals surface area contributed by atoms with Crippen molar-refractivity contribution in [2.45, 2.75) is 31.7 Å². The quantitative estimate of drug-likeness (QED) is 0.846. The van der Waals surface area contributed by atoms with Gasteiger partial charge in [-0.05, 0) is 19.3 Å². The fraction of sp³-hybridized carbons (Fsp3) is 1.00. The maximum absolute atomic E-state index is 12.0. The summed E-state index contributed by atoms with van der Waals surface area (Å²) in [6.07, 6.45) is -2.90. The van der Waals surface area contributed by atoms with Crippen molar-refractivity contribution in [1.82, 2.24) is 4.90 Å². The van der Waals surface area contributed by atoms with E-state index in [9.17, 15) is 13.2 Å². The molecule has 1 atom stereocenters. The first kappa shape index (κ1) is 15.8. The van der Waals surface area contributed by atoms with E-state index in [1.54, 1.807) is 0 Å². The summed E-state index contributed by atoms with van der Waals surface area (Å²) in [4.78, 5) is 1.96. The van der Waals surface area contributed by atoms with Crippen LogP contribution in [0.3, 0.4) is 0 Å². The summed E-state index contributed by atoms with van der Waals surface area (Å²) in [5, 5.41) is 9.13. The van der Waals surface area contributed by atoms with Crippen LogP contribution in [-0.2, 0) is 37.4 Å². The summed E-state index contributed by atoms with van der Waals surface area (Å²) in [7, 11) is 0. The molecule has 1 saturated heterocycles. The van der Waals surface area contributed by atoms with Crippen molar-refractivity contribution >= 4 is 0 Å². The zero-order valence-corrected chi connectivity index (χ0v) is 12.4. The number of aliphatic hydroxyl groups is 1. The minimum Gasteiger partial charge on any atom is -0.396 e. The van der Waals surface area contributed by atoms with E-state index in [1.807, 2.05) is 4.90 Å². The van der Waals surface area contributed by atoms with Crippen LogP contribution in [0, 0.1) is 5.41 Å². The van der Waals surface area contributed by atoms with Gasteiger partial charge in [0.25, 0.3) is 0 Å². The Morgan fingerprint density at radius 1 is 1.35 bits per heavy atom. The molecule has 0 aromatic rings. The monoisotopic (exact) mass is 328 g/mol. The Hall–Kier alpha value is 0.774. The third kappa shape index (κ3) is 4.75. The molecule has 1 saturated carbocycles. The number of halogens is 3. The van der Waals surface area contributed by atoms with Crippen molar-refractivity contribution in [3.05, 3.63) is 0 Å². The summed E-state index contributed by atoms with van der Waals surface area (Å²) in [6, 6.07) is 0. The van der Waals surface area contributed by atoms with E-state index in [0.29, 0.717) is 26.1 Å². The van der Waals surface area contributed by atoms with Crippen LogP contribution in [0.2, 0.25) is 0 Å². The van der Waals surface area contributed by atoms with E-state index in [0.717, 1.165) is 12.8 Å². The Morgan fingerprint density at radius 3 is 2.47 bits per heavy atom. The standard InChI is InChI=1S/C10H16F3NO2.Y/c11-10(12,13)16-8-1-4-14(5-8)6-9(7-15)2-3-9;/h8,15H,1-7H2;. The number of hydrogen-bond donors (Lipinski definition) is 1. The summed E-state index contributed by atoms with van der Waals surface area (Å²) >= 11 is 0. The smallest absolute Gasteiger partial charge is 0.396 e. The number of alkyl halides is 3. The minimum atomic E-state index is -4.53. The number of aliphatic hydroxyl groups excluding tert-OH is 1. The molecule has 2 fully saturated rings. The molecule has 0 amide bonds. The summed E-state index contributed by atoms with van der Waals surface area (Å²) in [5.41, 5.74) is -0.0346. The van der Waals surface area contributed by atoms with Crippen molar-refractivity contribution < 1.29 is 55.7 Å². The van der Waals surface area contributed by atoms with Gasteiger partial charge in [-0.1, -0.05) is 0 Å². The maximum Gasteiger partial charge on any atom is 0.522 e. The molecule has 2 rings (SSSR count). The van der Waals surface area contributed by atoms with Crippen LogP contribution in [0.1, 0.15) is 19.3 Å². The van der Waals surface area contributed by atoms with Crippen LogP contribution >= 0.6 is 0 Å². The number of nitrogens with zero attached hydrogens (tertiary/aromatic N) is 1. The molecule has 1 unspecified atom stereocenters. The average Bonchev–Trinajstić information content (AvgIpc) is 2.80. The normalized spacial score (nSPS) is 27.9. The van der Waals surface area contributed by atoms with Crippen LogP contribution in [0.15, 0.2) is 0 Å². The first-order valence-electron chi connectivity index (χ1n) is 5.50. The fourth-order valence-corrected chi connectivity index (χ4v) is 2.24. The van der Waals surface area contributed by atoms with Crippen LogP contribution in [0.25, 0.3) is 0 Å². The van der Waals surface area contributed by atoms with Crippen LogP contribution in [0.4, 0.5) is 13.2 Å². The zero-order valence-electron chi connectivity index (χ0n) is 9.54. The van der Waals surface area contributed by atoms with E-state index < -0.39 is 12.5 Å². The second-order valence-electron chi connectivity index (χ2n) is 4.87. The molecular formula is C10H16F3NO2Y. The van der Waals surface area contributed by atoms with E-state index in [2.05, 4.69) is 4.74 Å². The Kier molecular flexibility index (Phi) is 5.42. The Bertz CT molecular complexity index is 258. The Balaban J connectivity index is 0.00000144. The largest absolute Gasteiger partial charge is 0.522 e. The van der Waals surface area contributed by atoms with Gasteiger partial charge in [-0.25, -0.2) is 0 Å². The Labute approximate surface area is 124 Å². The van der Waals surface area contributed by atoms with Gasteiger partial charge >= 0.3 is 6.36 Å². The molecule has 1 aliphatic carbocycles. The predicted molar refractivity (Wildman–Crippen MR) is 50.7 cm³/mol. The van der Waals surface area contributed by atoms with E-state index >= 15 is 0 Å². The van der Waals surface area contributed by atoms with Crippen LogP contribution in [-0.4, -0.2) is 48.7 Å². The van der Waals surface area contributed by atoms with Crippen molar-refractivity contribution in [3.8, 4) is 0 Å². The fourth-order valence-electron chi connectivity index (χ4n) is 2.24. The van der Waals surface area contributed by atoms with E-state index in [4.69, 9.17) is 5.11 Å². The molecule has 3 nitrogen and oxygen atoms in total. The van der Waals surface area contributed by atoms with Gasteiger partial charge in [-0.3, -0.25) is 4.74 Å². The average molecular weight is 328 g/mol. The first-order valence-corrected chi connectivity index (χ1v) is 5.50. The van der Waals surface area contributed by atoms with Crippen LogP contribution < -0.4 is 0 Å². The molecule has 2 aliphatic rings. The van der Waals surface area contributed by atoms with E-state index in [-0.39, 0.29) is 44.7 Å². The molecule has 1 aliphatic heterocycles. The van der Waals surface area contributed by atoms with Crippen LogP contribution in [0.5, 0.6) is 0 Å². The van der Waals surface area contributed by atoms with Gasteiger partial charge in [0.1, 0.15) is 0 Å².